The van der Waals surface area contributed by atoms with Crippen molar-refractivity contribution >= 4 is 17.6 Å². The SMILES string of the molecule is CC[C@H](C(=O)OCC(=O)Nc1ccc(CC#N)cc1)c1ccccc1. The van der Waals surface area contributed by atoms with Crippen molar-refractivity contribution in [3.63, 3.8) is 0 Å². The minimum atomic E-state index is -0.409. The first-order valence-corrected chi connectivity index (χ1v) is 8.11. The van der Waals surface area contributed by atoms with Crippen LogP contribution in [0.15, 0.2) is 54.6 Å². The number of carbonyl (C=O) groups excluding carboxylic acids is 2. The van der Waals surface area contributed by atoms with Crippen molar-refractivity contribution in [3.05, 3.63) is 65.7 Å². The van der Waals surface area contributed by atoms with E-state index in [-0.39, 0.29) is 12.5 Å². The Kier molecular flexibility index (Phi) is 6.73. The topological polar surface area (TPSA) is 79.2 Å². The number of hydrogen-bond acceptors (Lipinski definition) is 4. The second kappa shape index (κ2) is 9.24. The molecule has 1 atom stereocenters. The molecule has 0 aliphatic heterocycles. The van der Waals surface area contributed by atoms with Gasteiger partial charge in [0, 0.05) is 5.69 Å². The Morgan fingerprint density at radius 3 is 2.40 bits per heavy atom. The predicted molar refractivity (Wildman–Crippen MR) is 94.8 cm³/mol. The van der Waals surface area contributed by atoms with Crippen LogP contribution in [0.1, 0.15) is 30.4 Å². The standard InChI is InChI=1S/C20H20N2O3/c1-2-18(16-6-4-3-5-7-16)20(24)25-14-19(23)22-17-10-8-15(9-11-17)12-13-21/h3-11,18H,2,12,14H2,1H3,(H,22,23)/t18-/m0/s1. The van der Waals surface area contributed by atoms with E-state index >= 15 is 0 Å². The number of carbonyl (C=O) groups is 2. The average molecular weight is 336 g/mol. The Labute approximate surface area is 147 Å². The average Bonchev–Trinajstić information content (AvgIpc) is 2.63. The summed E-state index contributed by atoms with van der Waals surface area (Å²) in [4.78, 5) is 24.1. The first-order chi connectivity index (χ1) is 12.1. The molecule has 0 fully saturated rings. The maximum Gasteiger partial charge on any atom is 0.313 e. The molecule has 0 radical (unpaired) electrons. The second-order valence-electron chi connectivity index (χ2n) is 5.56. The van der Waals surface area contributed by atoms with Crippen molar-refractivity contribution in [1.82, 2.24) is 0 Å². The van der Waals surface area contributed by atoms with Gasteiger partial charge in [-0.05, 0) is 29.7 Å². The zero-order valence-electron chi connectivity index (χ0n) is 14.1. The molecule has 0 unspecified atom stereocenters. The van der Waals surface area contributed by atoms with Crippen LogP contribution in [0.5, 0.6) is 0 Å². The lowest BCUT2D eigenvalue weighted by Crippen LogP contribution is -2.23. The van der Waals surface area contributed by atoms with Crippen molar-refractivity contribution in [1.29, 1.82) is 5.26 Å². The molecule has 5 nitrogen and oxygen atoms in total. The van der Waals surface area contributed by atoms with E-state index in [2.05, 4.69) is 11.4 Å². The fourth-order valence-electron chi connectivity index (χ4n) is 2.46. The third-order valence-corrected chi connectivity index (χ3v) is 3.76. The number of amides is 1. The van der Waals surface area contributed by atoms with E-state index in [1.165, 1.54) is 0 Å². The van der Waals surface area contributed by atoms with E-state index < -0.39 is 11.9 Å². The highest BCUT2D eigenvalue weighted by Crippen LogP contribution is 2.20. The first kappa shape index (κ1) is 18.2. The van der Waals surface area contributed by atoms with Gasteiger partial charge in [-0.15, -0.1) is 0 Å². The lowest BCUT2D eigenvalue weighted by Gasteiger charge is -2.14. The van der Waals surface area contributed by atoms with Crippen LogP contribution in [0.2, 0.25) is 0 Å². The zero-order chi connectivity index (χ0) is 18.1. The molecule has 0 aliphatic carbocycles. The van der Waals surface area contributed by atoms with Gasteiger partial charge in [-0.3, -0.25) is 9.59 Å². The number of nitriles is 1. The van der Waals surface area contributed by atoms with E-state index in [0.717, 1.165) is 11.1 Å². The largest absolute Gasteiger partial charge is 0.455 e. The number of ether oxygens (including phenoxy) is 1. The van der Waals surface area contributed by atoms with Gasteiger partial charge in [-0.2, -0.15) is 5.26 Å². The molecule has 0 aromatic heterocycles. The Morgan fingerprint density at radius 2 is 1.80 bits per heavy atom. The Balaban J connectivity index is 1.86. The molecule has 2 rings (SSSR count). The lowest BCUT2D eigenvalue weighted by atomic mass is 9.97. The van der Waals surface area contributed by atoms with Crippen molar-refractivity contribution < 1.29 is 14.3 Å². The van der Waals surface area contributed by atoms with Gasteiger partial charge in [0.15, 0.2) is 6.61 Å². The third kappa shape index (κ3) is 5.47. The van der Waals surface area contributed by atoms with Crippen LogP contribution in [0.4, 0.5) is 5.69 Å². The van der Waals surface area contributed by atoms with Crippen molar-refractivity contribution in [2.75, 3.05) is 11.9 Å². The quantitative estimate of drug-likeness (QED) is 0.786. The van der Waals surface area contributed by atoms with Gasteiger partial charge in [0.05, 0.1) is 18.4 Å². The van der Waals surface area contributed by atoms with E-state index in [9.17, 15) is 9.59 Å². The minimum Gasteiger partial charge on any atom is -0.455 e. The molecule has 0 saturated heterocycles. The van der Waals surface area contributed by atoms with Gasteiger partial charge in [0.25, 0.3) is 5.91 Å². The van der Waals surface area contributed by atoms with Gasteiger partial charge >= 0.3 is 5.97 Å². The molecule has 0 spiro atoms. The molecule has 1 amide bonds. The van der Waals surface area contributed by atoms with Gasteiger partial charge in [-0.25, -0.2) is 0 Å². The summed E-state index contributed by atoms with van der Waals surface area (Å²) in [6.07, 6.45) is 0.925. The number of nitrogens with zero attached hydrogens (tertiary/aromatic N) is 1. The van der Waals surface area contributed by atoms with Gasteiger partial charge in [-0.1, -0.05) is 49.4 Å². The highest BCUT2D eigenvalue weighted by atomic mass is 16.5. The van der Waals surface area contributed by atoms with Crippen LogP contribution in [-0.2, 0) is 20.7 Å². The molecule has 0 saturated carbocycles. The van der Waals surface area contributed by atoms with Crippen LogP contribution in [0.3, 0.4) is 0 Å². The summed E-state index contributed by atoms with van der Waals surface area (Å²) in [6, 6.07) is 18.4. The maximum absolute atomic E-state index is 12.2. The van der Waals surface area contributed by atoms with Crippen LogP contribution >= 0.6 is 0 Å². The molecular weight excluding hydrogens is 316 g/mol. The monoisotopic (exact) mass is 336 g/mol. The Bertz CT molecular complexity index is 749. The summed E-state index contributed by atoms with van der Waals surface area (Å²) in [5.74, 6) is -1.18. The summed E-state index contributed by atoms with van der Waals surface area (Å²) in [5, 5.41) is 11.3. The van der Waals surface area contributed by atoms with E-state index in [0.29, 0.717) is 18.5 Å². The van der Waals surface area contributed by atoms with Gasteiger partial charge in [0.2, 0.25) is 0 Å². The highest BCUT2D eigenvalue weighted by molar-refractivity contribution is 5.93. The van der Waals surface area contributed by atoms with Gasteiger partial charge < -0.3 is 10.1 Å². The molecule has 2 aromatic carbocycles. The first-order valence-electron chi connectivity index (χ1n) is 8.11. The molecule has 5 heteroatoms. The molecule has 2 aromatic rings. The van der Waals surface area contributed by atoms with Crippen molar-refractivity contribution in [2.45, 2.75) is 25.7 Å². The summed E-state index contributed by atoms with van der Waals surface area (Å²) in [7, 11) is 0. The predicted octanol–water partition coefficient (Wildman–Crippen LogP) is 3.43. The second-order valence-corrected chi connectivity index (χ2v) is 5.56. The van der Waals surface area contributed by atoms with Crippen LogP contribution in [-0.4, -0.2) is 18.5 Å². The fraction of sp³-hybridized carbons (Fsp3) is 0.250. The van der Waals surface area contributed by atoms with Crippen LogP contribution in [0.25, 0.3) is 0 Å². The molecule has 1 N–H and O–H groups in total. The van der Waals surface area contributed by atoms with E-state index in [1.807, 2.05) is 37.3 Å². The Hall–Kier alpha value is -3.13. The van der Waals surface area contributed by atoms with E-state index in [1.54, 1.807) is 24.3 Å². The van der Waals surface area contributed by atoms with Gasteiger partial charge in [0.1, 0.15) is 0 Å². The molecule has 128 valence electrons. The number of nitrogens with one attached hydrogen (secondary N) is 1. The maximum atomic E-state index is 12.2. The smallest absolute Gasteiger partial charge is 0.313 e. The highest BCUT2D eigenvalue weighted by Gasteiger charge is 2.20. The third-order valence-electron chi connectivity index (χ3n) is 3.76. The number of benzene rings is 2. The fourth-order valence-corrected chi connectivity index (χ4v) is 2.46. The number of rotatable bonds is 7. The molecule has 0 bridgehead atoms. The lowest BCUT2D eigenvalue weighted by molar-refractivity contribution is -0.149. The summed E-state index contributed by atoms with van der Waals surface area (Å²) < 4.78 is 5.15. The molecular formula is C20H20N2O3. The number of anilines is 1. The van der Waals surface area contributed by atoms with Crippen LogP contribution in [0, 0.1) is 11.3 Å². The van der Waals surface area contributed by atoms with Crippen molar-refractivity contribution in [3.8, 4) is 6.07 Å². The van der Waals surface area contributed by atoms with Crippen molar-refractivity contribution in [2.24, 2.45) is 0 Å². The minimum absolute atomic E-state index is 0.323. The van der Waals surface area contributed by atoms with E-state index in [4.69, 9.17) is 10.00 Å². The number of esters is 1. The zero-order valence-corrected chi connectivity index (χ0v) is 14.1. The normalized spacial score (nSPS) is 11.2. The molecule has 25 heavy (non-hydrogen) atoms. The Morgan fingerprint density at radius 1 is 1.12 bits per heavy atom. The number of hydrogen-bond donors (Lipinski definition) is 1. The summed E-state index contributed by atoms with van der Waals surface area (Å²) in [5.41, 5.74) is 2.35. The summed E-state index contributed by atoms with van der Waals surface area (Å²) >= 11 is 0. The summed E-state index contributed by atoms with van der Waals surface area (Å²) in [6.45, 7) is 1.57. The van der Waals surface area contributed by atoms with Crippen LogP contribution < -0.4 is 5.32 Å². The molecule has 0 aliphatic rings. The molecule has 0 heterocycles.